The third kappa shape index (κ3) is 5.64. The lowest BCUT2D eigenvalue weighted by Crippen LogP contribution is -2.14. The number of nitrogens with one attached hydrogen (secondary N) is 1. The van der Waals surface area contributed by atoms with E-state index in [1.54, 1.807) is 24.3 Å². The molecule has 0 aliphatic carbocycles. The SMILES string of the molecule is CC(C)(C)c1ccc(CNCc2ccc(OC(F)F)cc2)cc1. The molecule has 0 saturated carbocycles. The summed E-state index contributed by atoms with van der Waals surface area (Å²) in [5.41, 5.74) is 3.72. The van der Waals surface area contributed by atoms with Crippen LogP contribution in [0.1, 0.15) is 37.5 Å². The Hall–Kier alpha value is -1.94. The Morgan fingerprint density at radius 2 is 1.35 bits per heavy atom. The minimum absolute atomic E-state index is 0.161. The fourth-order valence-corrected chi connectivity index (χ4v) is 2.26. The summed E-state index contributed by atoms with van der Waals surface area (Å²) in [5.74, 6) is 0.182. The summed E-state index contributed by atoms with van der Waals surface area (Å²) in [6.45, 7) is 5.25. The van der Waals surface area contributed by atoms with Gasteiger partial charge in [-0.2, -0.15) is 8.78 Å². The molecule has 0 atom stereocenters. The molecule has 2 rings (SSSR count). The topological polar surface area (TPSA) is 21.3 Å². The highest BCUT2D eigenvalue weighted by atomic mass is 19.3. The van der Waals surface area contributed by atoms with Crippen LogP contribution in [0.25, 0.3) is 0 Å². The number of benzene rings is 2. The van der Waals surface area contributed by atoms with Crippen molar-refractivity contribution >= 4 is 0 Å². The minimum Gasteiger partial charge on any atom is -0.435 e. The summed E-state index contributed by atoms with van der Waals surface area (Å²) in [6, 6.07) is 15.3. The van der Waals surface area contributed by atoms with Gasteiger partial charge in [-0.05, 0) is 34.2 Å². The number of halogens is 2. The average Bonchev–Trinajstić information content (AvgIpc) is 2.48. The fraction of sp³-hybridized carbons (Fsp3) is 0.368. The minimum atomic E-state index is -2.78. The van der Waals surface area contributed by atoms with Gasteiger partial charge in [0.2, 0.25) is 0 Å². The summed E-state index contributed by atoms with van der Waals surface area (Å²) in [7, 11) is 0. The van der Waals surface area contributed by atoms with E-state index < -0.39 is 6.61 Å². The highest BCUT2D eigenvalue weighted by Crippen LogP contribution is 2.22. The Bertz CT molecular complexity index is 601. The smallest absolute Gasteiger partial charge is 0.387 e. The van der Waals surface area contributed by atoms with Crippen molar-refractivity contribution in [2.45, 2.75) is 45.9 Å². The molecule has 124 valence electrons. The second kappa shape index (κ2) is 7.55. The zero-order valence-corrected chi connectivity index (χ0v) is 13.8. The van der Waals surface area contributed by atoms with E-state index in [-0.39, 0.29) is 11.2 Å². The Balaban J connectivity index is 1.83. The van der Waals surface area contributed by atoms with Crippen LogP contribution < -0.4 is 10.1 Å². The molecule has 23 heavy (non-hydrogen) atoms. The van der Waals surface area contributed by atoms with Crippen LogP contribution in [-0.4, -0.2) is 6.61 Å². The van der Waals surface area contributed by atoms with Gasteiger partial charge in [-0.1, -0.05) is 57.2 Å². The van der Waals surface area contributed by atoms with Crippen molar-refractivity contribution in [1.82, 2.24) is 5.32 Å². The van der Waals surface area contributed by atoms with Crippen LogP contribution in [0.4, 0.5) is 8.78 Å². The number of ether oxygens (including phenoxy) is 1. The zero-order valence-electron chi connectivity index (χ0n) is 13.8. The molecule has 2 aromatic rings. The van der Waals surface area contributed by atoms with Gasteiger partial charge >= 0.3 is 6.61 Å². The molecule has 1 N–H and O–H groups in total. The molecule has 0 unspecified atom stereocenters. The maximum absolute atomic E-state index is 12.1. The van der Waals surface area contributed by atoms with Crippen LogP contribution in [0.3, 0.4) is 0 Å². The van der Waals surface area contributed by atoms with Crippen molar-refractivity contribution in [3.05, 3.63) is 65.2 Å². The van der Waals surface area contributed by atoms with E-state index in [9.17, 15) is 8.78 Å². The summed E-state index contributed by atoms with van der Waals surface area (Å²) in [6.07, 6.45) is 0. The molecule has 4 heteroatoms. The van der Waals surface area contributed by atoms with Crippen molar-refractivity contribution in [2.24, 2.45) is 0 Å². The van der Waals surface area contributed by atoms with E-state index in [1.807, 2.05) is 0 Å². The van der Waals surface area contributed by atoms with Gasteiger partial charge < -0.3 is 10.1 Å². The summed E-state index contributed by atoms with van der Waals surface area (Å²) < 4.78 is 28.5. The standard InChI is InChI=1S/C19H23F2NO/c1-19(2,3)16-8-4-14(5-9-16)12-22-13-15-6-10-17(11-7-15)23-18(20)21/h4-11,18,22H,12-13H2,1-3H3. The lowest BCUT2D eigenvalue weighted by molar-refractivity contribution is -0.0498. The second-order valence-corrected chi connectivity index (χ2v) is 6.57. The molecule has 0 radical (unpaired) electrons. The van der Waals surface area contributed by atoms with E-state index in [0.29, 0.717) is 6.54 Å². The Labute approximate surface area is 136 Å². The van der Waals surface area contributed by atoms with Crippen molar-refractivity contribution < 1.29 is 13.5 Å². The fourth-order valence-electron chi connectivity index (χ4n) is 2.26. The Morgan fingerprint density at radius 1 is 0.870 bits per heavy atom. The van der Waals surface area contributed by atoms with Gasteiger partial charge in [0.25, 0.3) is 0 Å². The first-order chi connectivity index (χ1) is 10.8. The maximum atomic E-state index is 12.1. The monoisotopic (exact) mass is 319 g/mol. The average molecular weight is 319 g/mol. The van der Waals surface area contributed by atoms with Gasteiger partial charge in [0.15, 0.2) is 0 Å². The van der Waals surface area contributed by atoms with Crippen LogP contribution >= 0.6 is 0 Å². The lowest BCUT2D eigenvalue weighted by atomic mass is 9.87. The van der Waals surface area contributed by atoms with Crippen molar-refractivity contribution in [1.29, 1.82) is 0 Å². The molecule has 0 aliphatic rings. The first-order valence-electron chi connectivity index (χ1n) is 7.68. The van der Waals surface area contributed by atoms with E-state index >= 15 is 0 Å². The molecule has 0 saturated heterocycles. The number of rotatable bonds is 6. The lowest BCUT2D eigenvalue weighted by Gasteiger charge is -2.19. The first-order valence-corrected chi connectivity index (χ1v) is 7.68. The summed E-state index contributed by atoms with van der Waals surface area (Å²) in [4.78, 5) is 0. The third-order valence-corrected chi connectivity index (χ3v) is 3.63. The maximum Gasteiger partial charge on any atom is 0.387 e. The molecular weight excluding hydrogens is 296 g/mol. The second-order valence-electron chi connectivity index (χ2n) is 6.57. The van der Waals surface area contributed by atoms with Crippen LogP contribution in [0.15, 0.2) is 48.5 Å². The number of hydrogen-bond acceptors (Lipinski definition) is 2. The van der Waals surface area contributed by atoms with E-state index in [2.05, 4.69) is 55.1 Å². The van der Waals surface area contributed by atoms with Crippen molar-refractivity contribution in [3.8, 4) is 5.75 Å². The van der Waals surface area contributed by atoms with Crippen LogP contribution in [0.2, 0.25) is 0 Å². The van der Waals surface area contributed by atoms with Gasteiger partial charge in [-0.3, -0.25) is 0 Å². The van der Waals surface area contributed by atoms with E-state index in [1.165, 1.54) is 11.1 Å². The molecule has 0 aromatic heterocycles. The normalized spacial score (nSPS) is 11.7. The molecular formula is C19H23F2NO. The quantitative estimate of drug-likeness (QED) is 0.820. The van der Waals surface area contributed by atoms with Crippen molar-refractivity contribution in [2.75, 3.05) is 0 Å². The van der Waals surface area contributed by atoms with Crippen LogP contribution in [0, 0.1) is 0 Å². The molecule has 2 aromatic carbocycles. The van der Waals surface area contributed by atoms with Crippen molar-refractivity contribution in [3.63, 3.8) is 0 Å². The predicted octanol–water partition coefficient (Wildman–Crippen LogP) is 4.88. The number of hydrogen-bond donors (Lipinski definition) is 1. The molecule has 0 aliphatic heterocycles. The van der Waals surface area contributed by atoms with Gasteiger partial charge in [0.1, 0.15) is 5.75 Å². The zero-order chi connectivity index (χ0) is 16.9. The van der Waals surface area contributed by atoms with E-state index in [4.69, 9.17) is 0 Å². The Morgan fingerprint density at radius 3 is 1.78 bits per heavy atom. The molecule has 0 bridgehead atoms. The highest BCUT2D eigenvalue weighted by Gasteiger charge is 2.12. The third-order valence-electron chi connectivity index (χ3n) is 3.63. The van der Waals surface area contributed by atoms with Gasteiger partial charge in [0.05, 0.1) is 0 Å². The molecule has 0 fully saturated rings. The van der Waals surface area contributed by atoms with E-state index in [0.717, 1.165) is 12.1 Å². The van der Waals surface area contributed by atoms with Crippen LogP contribution in [-0.2, 0) is 18.5 Å². The van der Waals surface area contributed by atoms with Gasteiger partial charge in [-0.15, -0.1) is 0 Å². The largest absolute Gasteiger partial charge is 0.435 e. The highest BCUT2D eigenvalue weighted by molar-refractivity contribution is 5.28. The van der Waals surface area contributed by atoms with Gasteiger partial charge in [0, 0.05) is 13.1 Å². The van der Waals surface area contributed by atoms with Gasteiger partial charge in [-0.25, -0.2) is 0 Å². The molecule has 2 nitrogen and oxygen atoms in total. The summed E-state index contributed by atoms with van der Waals surface area (Å²) in [5, 5.41) is 3.35. The molecule has 0 amide bonds. The molecule has 0 heterocycles. The predicted molar refractivity (Wildman–Crippen MR) is 88.8 cm³/mol. The first kappa shape index (κ1) is 17.4. The molecule has 0 spiro atoms. The summed E-state index contributed by atoms with van der Waals surface area (Å²) >= 11 is 0. The Kier molecular flexibility index (Phi) is 5.72. The number of alkyl halides is 2. The van der Waals surface area contributed by atoms with Crippen LogP contribution in [0.5, 0.6) is 5.75 Å².